The zero-order valence-corrected chi connectivity index (χ0v) is 14.0. The minimum Gasteiger partial charge on any atom is -0.394 e. The van der Waals surface area contributed by atoms with Crippen LogP contribution in [0.4, 0.5) is 0 Å². The molecule has 1 amide bonds. The third-order valence-electron chi connectivity index (χ3n) is 4.38. The van der Waals surface area contributed by atoms with E-state index in [4.69, 9.17) is 14.2 Å². The predicted octanol–water partition coefficient (Wildman–Crippen LogP) is -5.25. The fraction of sp³-hybridized carbons (Fsp3) is 0.929. The molecule has 0 radical (unpaired) electrons. The Morgan fingerprint density at radius 2 is 1.50 bits per heavy atom. The van der Waals surface area contributed by atoms with Gasteiger partial charge >= 0.3 is 0 Å². The van der Waals surface area contributed by atoms with Crippen molar-refractivity contribution >= 4 is 5.91 Å². The van der Waals surface area contributed by atoms with Gasteiger partial charge in [-0.2, -0.15) is 0 Å². The quantitative estimate of drug-likeness (QED) is 0.226. The molecule has 2 heterocycles. The van der Waals surface area contributed by atoms with Crippen LogP contribution >= 0.6 is 0 Å². The molecular weight excluding hydrogens is 358 g/mol. The van der Waals surface area contributed by atoms with Crippen molar-refractivity contribution in [2.45, 2.75) is 68.3 Å². The van der Waals surface area contributed by atoms with Crippen LogP contribution in [0, 0.1) is 0 Å². The summed E-state index contributed by atoms with van der Waals surface area (Å²) in [5, 5.41) is 70.7. The number of hydrogen-bond donors (Lipinski definition) is 8. The normalized spacial score (nSPS) is 46.8. The number of amides is 1. The number of carbonyl (C=O) groups is 1. The Morgan fingerprint density at radius 3 is 2.04 bits per heavy atom. The van der Waals surface area contributed by atoms with Crippen LogP contribution in [0.25, 0.3) is 0 Å². The summed E-state index contributed by atoms with van der Waals surface area (Å²) in [7, 11) is 0. The van der Waals surface area contributed by atoms with E-state index in [1.54, 1.807) is 0 Å². The number of rotatable bonds is 5. The second-order valence-electron chi connectivity index (χ2n) is 6.26. The minimum absolute atomic E-state index is 0.574. The molecule has 2 aliphatic rings. The van der Waals surface area contributed by atoms with E-state index in [9.17, 15) is 40.5 Å². The molecule has 0 aromatic carbocycles. The first kappa shape index (κ1) is 21.4. The molecule has 12 heteroatoms. The van der Waals surface area contributed by atoms with Crippen molar-refractivity contribution in [3.63, 3.8) is 0 Å². The Balaban J connectivity index is 2.21. The Morgan fingerprint density at radius 1 is 0.923 bits per heavy atom. The van der Waals surface area contributed by atoms with Gasteiger partial charge in [0.15, 0.2) is 12.6 Å². The number of ether oxygens (including phenoxy) is 3. The number of hydrogen-bond acceptors (Lipinski definition) is 11. The van der Waals surface area contributed by atoms with Crippen LogP contribution in [0.1, 0.15) is 6.92 Å². The Labute approximate surface area is 148 Å². The lowest BCUT2D eigenvalue weighted by Crippen LogP contribution is -2.67. The molecule has 2 rings (SSSR count). The third-order valence-corrected chi connectivity index (χ3v) is 4.38. The van der Waals surface area contributed by atoms with Crippen LogP contribution in [0.15, 0.2) is 0 Å². The summed E-state index contributed by atoms with van der Waals surface area (Å²) < 4.78 is 15.7. The molecule has 1 unspecified atom stereocenters. The highest BCUT2D eigenvalue weighted by Gasteiger charge is 2.50. The van der Waals surface area contributed by atoms with Crippen molar-refractivity contribution in [2.24, 2.45) is 0 Å². The van der Waals surface area contributed by atoms with E-state index in [0.717, 1.165) is 6.92 Å². The Hall–Kier alpha value is -0.930. The van der Waals surface area contributed by atoms with Crippen LogP contribution in [0.2, 0.25) is 0 Å². The number of nitrogens with one attached hydrogen (secondary N) is 1. The van der Waals surface area contributed by atoms with Crippen molar-refractivity contribution in [1.29, 1.82) is 0 Å². The zero-order chi connectivity index (χ0) is 19.6. The van der Waals surface area contributed by atoms with Gasteiger partial charge in [-0.15, -0.1) is 0 Å². The van der Waals surface area contributed by atoms with E-state index < -0.39 is 80.5 Å². The molecule has 2 fully saturated rings. The van der Waals surface area contributed by atoms with Gasteiger partial charge in [0, 0.05) is 6.92 Å². The maximum Gasteiger partial charge on any atom is 0.217 e. The smallest absolute Gasteiger partial charge is 0.217 e. The van der Waals surface area contributed by atoms with Crippen LogP contribution < -0.4 is 5.32 Å². The highest BCUT2D eigenvalue weighted by molar-refractivity contribution is 5.73. The number of aliphatic hydroxyl groups excluding tert-OH is 7. The topological polar surface area (TPSA) is 198 Å². The predicted molar refractivity (Wildman–Crippen MR) is 80.2 cm³/mol. The first-order chi connectivity index (χ1) is 12.2. The average molecular weight is 383 g/mol. The number of carbonyl (C=O) groups excluding carboxylic acids is 1. The molecule has 0 aliphatic carbocycles. The lowest BCUT2D eigenvalue weighted by molar-refractivity contribution is -0.341. The summed E-state index contributed by atoms with van der Waals surface area (Å²) in [4.78, 5) is 11.4. The van der Waals surface area contributed by atoms with Crippen LogP contribution in [0.5, 0.6) is 0 Å². The van der Waals surface area contributed by atoms with Gasteiger partial charge in [-0.3, -0.25) is 4.79 Å². The molecule has 2 aliphatic heterocycles. The lowest BCUT2D eigenvalue weighted by atomic mass is 9.95. The fourth-order valence-corrected chi connectivity index (χ4v) is 2.97. The largest absolute Gasteiger partial charge is 0.394 e. The Kier molecular flexibility index (Phi) is 7.27. The first-order valence-corrected chi connectivity index (χ1v) is 8.06. The second kappa shape index (κ2) is 8.84. The van der Waals surface area contributed by atoms with E-state index in [-0.39, 0.29) is 0 Å². The molecule has 0 bridgehead atoms. The van der Waals surface area contributed by atoms with E-state index in [2.05, 4.69) is 5.32 Å². The van der Waals surface area contributed by atoms with Gasteiger partial charge in [-0.05, 0) is 0 Å². The van der Waals surface area contributed by atoms with Gasteiger partial charge in [0.1, 0.15) is 48.8 Å². The van der Waals surface area contributed by atoms with Gasteiger partial charge in [-0.1, -0.05) is 0 Å². The van der Waals surface area contributed by atoms with E-state index in [0.29, 0.717) is 0 Å². The maximum atomic E-state index is 11.4. The van der Waals surface area contributed by atoms with Crippen molar-refractivity contribution in [3.05, 3.63) is 0 Å². The van der Waals surface area contributed by atoms with Crippen molar-refractivity contribution in [2.75, 3.05) is 13.2 Å². The molecule has 2 saturated heterocycles. The summed E-state index contributed by atoms with van der Waals surface area (Å²) in [6, 6.07) is -1.28. The molecular formula is C14H25NO11. The average Bonchev–Trinajstić information content (AvgIpc) is 2.60. The monoisotopic (exact) mass is 383 g/mol. The summed E-state index contributed by atoms with van der Waals surface area (Å²) in [6.45, 7) is -0.195. The minimum atomic E-state index is -1.74. The Bertz CT molecular complexity index is 478. The molecule has 26 heavy (non-hydrogen) atoms. The third kappa shape index (κ3) is 4.31. The molecule has 0 spiro atoms. The van der Waals surface area contributed by atoms with E-state index >= 15 is 0 Å². The van der Waals surface area contributed by atoms with Gasteiger partial charge in [0.2, 0.25) is 5.91 Å². The molecule has 0 saturated carbocycles. The first-order valence-electron chi connectivity index (χ1n) is 8.06. The number of aliphatic hydroxyl groups is 7. The van der Waals surface area contributed by atoms with Crippen molar-refractivity contribution in [1.82, 2.24) is 5.32 Å². The van der Waals surface area contributed by atoms with E-state index in [1.165, 1.54) is 0 Å². The SMILES string of the molecule is CC(=O)N[C@H]1C(O)O[C@H](CO)[C@@H](O)[C@@H]1O[C@@H]1O[C@H](CO)[C@@H](O)[C@H](O)[C@H]1O. The second-order valence-corrected chi connectivity index (χ2v) is 6.26. The highest BCUT2D eigenvalue weighted by Crippen LogP contribution is 2.28. The summed E-state index contributed by atoms with van der Waals surface area (Å²) >= 11 is 0. The molecule has 8 N–H and O–H groups in total. The van der Waals surface area contributed by atoms with Gasteiger partial charge in [-0.25, -0.2) is 0 Å². The van der Waals surface area contributed by atoms with Crippen LogP contribution in [0.3, 0.4) is 0 Å². The van der Waals surface area contributed by atoms with Gasteiger partial charge < -0.3 is 55.3 Å². The molecule has 0 aromatic heterocycles. The molecule has 0 aromatic rings. The van der Waals surface area contributed by atoms with Gasteiger partial charge in [0.05, 0.1) is 13.2 Å². The highest BCUT2D eigenvalue weighted by atomic mass is 16.7. The summed E-state index contributed by atoms with van der Waals surface area (Å²) in [5.74, 6) is -0.574. The summed E-state index contributed by atoms with van der Waals surface area (Å²) in [6.07, 6.45) is -13.7. The zero-order valence-electron chi connectivity index (χ0n) is 14.0. The standard InChI is InChI=1S/C14H25NO11/c1-4(18)15-7-12(9(20)6(3-17)24-13(7)23)26-14-11(22)10(21)8(19)5(2-16)25-14/h5-14,16-17,19-23H,2-3H2,1H3,(H,15,18)/t5-,6-,7-,8-,9-,10+,11-,12-,13?,14+/m1/s1. The fourth-order valence-electron chi connectivity index (χ4n) is 2.97. The molecule has 10 atom stereocenters. The van der Waals surface area contributed by atoms with Gasteiger partial charge in [0.25, 0.3) is 0 Å². The molecule has 152 valence electrons. The summed E-state index contributed by atoms with van der Waals surface area (Å²) in [5.41, 5.74) is 0. The van der Waals surface area contributed by atoms with Crippen LogP contribution in [-0.2, 0) is 19.0 Å². The van der Waals surface area contributed by atoms with Crippen molar-refractivity contribution < 1.29 is 54.8 Å². The van der Waals surface area contributed by atoms with E-state index in [1.807, 2.05) is 0 Å². The molecule has 12 nitrogen and oxygen atoms in total. The maximum absolute atomic E-state index is 11.4. The van der Waals surface area contributed by atoms with Crippen molar-refractivity contribution in [3.8, 4) is 0 Å². The lowest BCUT2D eigenvalue weighted by Gasteiger charge is -2.46. The van der Waals surface area contributed by atoms with Crippen LogP contribution in [-0.4, -0.2) is 116 Å².